The third kappa shape index (κ3) is 3.11. The second-order valence-electron chi connectivity index (χ2n) is 5.74. The molecule has 1 amide bonds. The number of amides is 1. The molecular weight excluding hydrogens is 282 g/mol. The van der Waals surface area contributed by atoms with Crippen molar-refractivity contribution in [1.82, 2.24) is 5.32 Å². The number of carbonyl (C=O) groups is 1. The molecule has 1 aliphatic carbocycles. The third-order valence-corrected chi connectivity index (χ3v) is 4.39. The van der Waals surface area contributed by atoms with Crippen LogP contribution in [0.3, 0.4) is 0 Å². The molecule has 3 heteroatoms. The molecule has 2 aromatic rings. The van der Waals surface area contributed by atoms with Gasteiger partial charge >= 0.3 is 0 Å². The summed E-state index contributed by atoms with van der Waals surface area (Å²) >= 11 is 5.93. The second-order valence-corrected chi connectivity index (χ2v) is 6.18. The van der Waals surface area contributed by atoms with Crippen molar-refractivity contribution in [2.24, 2.45) is 0 Å². The van der Waals surface area contributed by atoms with E-state index in [1.807, 2.05) is 55.5 Å². The largest absolute Gasteiger partial charge is 0.346 e. The zero-order valence-corrected chi connectivity index (χ0v) is 12.8. The summed E-state index contributed by atoms with van der Waals surface area (Å²) in [4.78, 5) is 12.3. The molecule has 0 aliphatic heterocycles. The van der Waals surface area contributed by atoms with Gasteiger partial charge in [0.2, 0.25) is 5.91 Å². The van der Waals surface area contributed by atoms with Crippen LogP contribution in [0.15, 0.2) is 48.5 Å². The Morgan fingerprint density at radius 2 is 1.81 bits per heavy atom. The molecule has 2 aromatic carbocycles. The van der Waals surface area contributed by atoms with Crippen LogP contribution in [0.5, 0.6) is 0 Å². The molecular formula is C18H18ClNO. The smallest absolute Gasteiger partial charge is 0.225 e. The van der Waals surface area contributed by atoms with Crippen LogP contribution in [0.2, 0.25) is 5.02 Å². The Kier molecular flexibility index (Phi) is 3.73. The normalized spacial score (nSPS) is 15.5. The molecule has 108 valence electrons. The highest BCUT2D eigenvalue weighted by molar-refractivity contribution is 6.30. The van der Waals surface area contributed by atoms with Gasteiger partial charge in [0.25, 0.3) is 0 Å². The summed E-state index contributed by atoms with van der Waals surface area (Å²) in [5.41, 5.74) is 3.21. The molecule has 0 unspecified atom stereocenters. The fourth-order valence-electron chi connectivity index (χ4n) is 2.67. The minimum atomic E-state index is -0.176. The average molecular weight is 300 g/mol. The topological polar surface area (TPSA) is 29.1 Å². The van der Waals surface area contributed by atoms with E-state index in [4.69, 9.17) is 11.6 Å². The van der Waals surface area contributed by atoms with Gasteiger partial charge in [-0.05, 0) is 48.6 Å². The Morgan fingerprint density at radius 3 is 2.43 bits per heavy atom. The number of hydrogen-bond acceptors (Lipinski definition) is 1. The summed E-state index contributed by atoms with van der Waals surface area (Å²) < 4.78 is 0. The maximum absolute atomic E-state index is 12.3. The van der Waals surface area contributed by atoms with E-state index in [1.165, 1.54) is 0 Å². The standard InChI is InChI=1S/C18H18ClNO/c1-13-4-2-3-5-14(13)12-17(21)20-18(10-11-18)15-6-8-16(19)9-7-15/h2-9H,10-12H2,1H3,(H,20,21). The first-order valence-electron chi connectivity index (χ1n) is 7.21. The van der Waals surface area contributed by atoms with Crippen molar-refractivity contribution < 1.29 is 4.79 Å². The lowest BCUT2D eigenvalue weighted by molar-refractivity contribution is -0.121. The molecule has 3 rings (SSSR count). The Morgan fingerprint density at radius 1 is 1.14 bits per heavy atom. The summed E-state index contributed by atoms with van der Waals surface area (Å²) in [6.07, 6.45) is 2.42. The van der Waals surface area contributed by atoms with Crippen molar-refractivity contribution in [2.45, 2.75) is 31.7 Å². The minimum Gasteiger partial charge on any atom is -0.346 e. The fraction of sp³-hybridized carbons (Fsp3) is 0.278. The molecule has 21 heavy (non-hydrogen) atoms. The molecule has 0 heterocycles. The number of rotatable bonds is 4. The Labute approximate surface area is 130 Å². The number of carbonyl (C=O) groups excluding carboxylic acids is 1. The molecule has 1 fully saturated rings. The predicted molar refractivity (Wildman–Crippen MR) is 85.4 cm³/mol. The molecule has 1 N–H and O–H groups in total. The van der Waals surface area contributed by atoms with E-state index in [-0.39, 0.29) is 11.4 Å². The van der Waals surface area contributed by atoms with Crippen molar-refractivity contribution in [3.05, 3.63) is 70.2 Å². The second kappa shape index (κ2) is 5.53. The van der Waals surface area contributed by atoms with Crippen molar-refractivity contribution in [2.75, 3.05) is 0 Å². The van der Waals surface area contributed by atoms with Crippen LogP contribution < -0.4 is 5.32 Å². The Bertz CT molecular complexity index is 659. The number of hydrogen-bond donors (Lipinski definition) is 1. The molecule has 2 nitrogen and oxygen atoms in total. The zero-order valence-electron chi connectivity index (χ0n) is 12.0. The van der Waals surface area contributed by atoms with Crippen LogP contribution in [-0.2, 0) is 16.8 Å². The lowest BCUT2D eigenvalue weighted by Crippen LogP contribution is -2.36. The van der Waals surface area contributed by atoms with Gasteiger partial charge in [0.1, 0.15) is 0 Å². The molecule has 1 aliphatic rings. The van der Waals surface area contributed by atoms with E-state index in [2.05, 4.69) is 5.32 Å². The number of aryl methyl sites for hydroxylation is 1. The lowest BCUT2D eigenvalue weighted by Gasteiger charge is -2.18. The van der Waals surface area contributed by atoms with Gasteiger partial charge in [-0.3, -0.25) is 4.79 Å². The van der Waals surface area contributed by atoms with Gasteiger partial charge in [0.05, 0.1) is 12.0 Å². The third-order valence-electron chi connectivity index (χ3n) is 4.14. The minimum absolute atomic E-state index is 0.0803. The Hall–Kier alpha value is -1.80. The quantitative estimate of drug-likeness (QED) is 0.908. The van der Waals surface area contributed by atoms with Gasteiger partial charge in [-0.1, -0.05) is 48.0 Å². The summed E-state index contributed by atoms with van der Waals surface area (Å²) in [5.74, 6) is 0.0803. The fourth-order valence-corrected chi connectivity index (χ4v) is 2.80. The van der Waals surface area contributed by atoms with E-state index in [0.717, 1.165) is 34.6 Å². The van der Waals surface area contributed by atoms with E-state index in [0.29, 0.717) is 6.42 Å². The highest BCUT2D eigenvalue weighted by Crippen LogP contribution is 2.45. The first kappa shape index (κ1) is 14.2. The van der Waals surface area contributed by atoms with Gasteiger partial charge < -0.3 is 5.32 Å². The van der Waals surface area contributed by atoms with E-state index < -0.39 is 0 Å². The van der Waals surface area contributed by atoms with E-state index in [1.54, 1.807) is 0 Å². The van der Waals surface area contributed by atoms with Gasteiger partial charge in [-0.25, -0.2) is 0 Å². The molecule has 0 aromatic heterocycles. The van der Waals surface area contributed by atoms with Crippen molar-refractivity contribution in [1.29, 1.82) is 0 Å². The highest BCUT2D eigenvalue weighted by atomic mass is 35.5. The van der Waals surface area contributed by atoms with Crippen molar-refractivity contribution in [3.8, 4) is 0 Å². The lowest BCUT2D eigenvalue weighted by atomic mass is 10.0. The van der Waals surface area contributed by atoms with E-state index in [9.17, 15) is 4.79 Å². The van der Waals surface area contributed by atoms with Crippen molar-refractivity contribution >= 4 is 17.5 Å². The van der Waals surface area contributed by atoms with Crippen molar-refractivity contribution in [3.63, 3.8) is 0 Å². The van der Waals surface area contributed by atoms with E-state index >= 15 is 0 Å². The summed E-state index contributed by atoms with van der Waals surface area (Å²) in [6.45, 7) is 2.04. The van der Waals surface area contributed by atoms with Gasteiger partial charge in [0, 0.05) is 5.02 Å². The summed E-state index contributed by atoms with van der Waals surface area (Å²) in [6, 6.07) is 15.8. The molecule has 0 saturated heterocycles. The van der Waals surface area contributed by atoms with Crippen LogP contribution >= 0.6 is 11.6 Å². The maximum atomic E-state index is 12.3. The van der Waals surface area contributed by atoms with Gasteiger partial charge in [-0.15, -0.1) is 0 Å². The SMILES string of the molecule is Cc1ccccc1CC(=O)NC1(c2ccc(Cl)cc2)CC1. The van der Waals surface area contributed by atoms with Crippen LogP contribution in [0.1, 0.15) is 29.5 Å². The zero-order chi connectivity index (χ0) is 14.9. The monoisotopic (exact) mass is 299 g/mol. The summed E-state index contributed by atoms with van der Waals surface area (Å²) in [5, 5.41) is 3.92. The molecule has 0 spiro atoms. The summed E-state index contributed by atoms with van der Waals surface area (Å²) in [7, 11) is 0. The predicted octanol–water partition coefficient (Wildman–Crippen LogP) is 4.00. The van der Waals surface area contributed by atoms with Crippen LogP contribution in [0, 0.1) is 6.92 Å². The van der Waals surface area contributed by atoms with Gasteiger partial charge in [0.15, 0.2) is 0 Å². The first-order valence-corrected chi connectivity index (χ1v) is 7.58. The molecule has 0 atom stereocenters. The molecule has 0 radical (unpaired) electrons. The molecule has 0 bridgehead atoms. The Balaban J connectivity index is 1.70. The molecule has 1 saturated carbocycles. The van der Waals surface area contributed by atoms with Crippen LogP contribution in [-0.4, -0.2) is 5.91 Å². The maximum Gasteiger partial charge on any atom is 0.225 e. The number of benzene rings is 2. The van der Waals surface area contributed by atoms with Crippen LogP contribution in [0.25, 0.3) is 0 Å². The van der Waals surface area contributed by atoms with Crippen LogP contribution in [0.4, 0.5) is 0 Å². The first-order chi connectivity index (χ1) is 10.1. The van der Waals surface area contributed by atoms with Gasteiger partial charge in [-0.2, -0.15) is 0 Å². The number of halogens is 1. The number of nitrogens with one attached hydrogen (secondary N) is 1. The average Bonchev–Trinajstić information content (AvgIpc) is 3.23. The highest BCUT2D eigenvalue weighted by Gasteiger charge is 2.45.